The molecule has 0 spiro atoms. The monoisotopic (exact) mass is 406 g/mol. The van der Waals surface area contributed by atoms with Gasteiger partial charge in [0.15, 0.2) is 12.4 Å². The normalized spacial score (nSPS) is 11.0. The predicted octanol–water partition coefficient (Wildman–Crippen LogP) is 4.30. The largest absolute Gasteiger partial charge is 0.482 e. The van der Waals surface area contributed by atoms with Gasteiger partial charge in [0.05, 0.1) is 11.6 Å². The SMILES string of the molecule is CN(C(=O)c1cc2cc(C#N)ccc2o1)c1ccc(OCC(=O)OC(C)(C)C)cc1. The van der Waals surface area contributed by atoms with Gasteiger partial charge in [0.25, 0.3) is 5.91 Å². The molecule has 1 heterocycles. The van der Waals surface area contributed by atoms with E-state index >= 15 is 0 Å². The van der Waals surface area contributed by atoms with Crippen molar-refractivity contribution >= 4 is 28.5 Å². The summed E-state index contributed by atoms with van der Waals surface area (Å²) in [6.07, 6.45) is 0. The lowest BCUT2D eigenvalue weighted by atomic mass is 10.2. The lowest BCUT2D eigenvalue weighted by molar-refractivity contribution is -0.157. The number of nitrogens with zero attached hydrogens (tertiary/aromatic N) is 2. The van der Waals surface area contributed by atoms with Crippen molar-refractivity contribution < 1.29 is 23.5 Å². The molecule has 0 aliphatic rings. The van der Waals surface area contributed by atoms with Gasteiger partial charge in [-0.25, -0.2) is 4.79 Å². The Hall–Kier alpha value is -3.79. The molecule has 3 aromatic rings. The van der Waals surface area contributed by atoms with Crippen molar-refractivity contribution in [2.75, 3.05) is 18.6 Å². The summed E-state index contributed by atoms with van der Waals surface area (Å²) in [6, 6.07) is 15.4. The molecule has 0 saturated heterocycles. The lowest BCUT2D eigenvalue weighted by Crippen LogP contribution is -2.27. The number of carbonyl (C=O) groups excluding carboxylic acids is 2. The summed E-state index contributed by atoms with van der Waals surface area (Å²) in [4.78, 5) is 26.0. The van der Waals surface area contributed by atoms with E-state index in [-0.39, 0.29) is 18.3 Å². The van der Waals surface area contributed by atoms with Crippen molar-refractivity contribution in [2.45, 2.75) is 26.4 Å². The van der Waals surface area contributed by atoms with Gasteiger partial charge in [-0.15, -0.1) is 0 Å². The molecule has 0 radical (unpaired) electrons. The molecule has 154 valence electrons. The summed E-state index contributed by atoms with van der Waals surface area (Å²) in [5, 5.41) is 9.69. The minimum atomic E-state index is -0.569. The molecular weight excluding hydrogens is 384 g/mol. The molecule has 30 heavy (non-hydrogen) atoms. The van der Waals surface area contributed by atoms with Gasteiger partial charge in [-0.1, -0.05) is 0 Å². The lowest BCUT2D eigenvalue weighted by Gasteiger charge is -2.19. The van der Waals surface area contributed by atoms with Gasteiger partial charge in [0, 0.05) is 18.1 Å². The highest BCUT2D eigenvalue weighted by molar-refractivity contribution is 6.06. The average molecular weight is 406 g/mol. The van der Waals surface area contributed by atoms with E-state index in [1.165, 1.54) is 4.90 Å². The Bertz CT molecular complexity index is 1120. The minimum Gasteiger partial charge on any atom is -0.482 e. The van der Waals surface area contributed by atoms with Crippen LogP contribution in [0.25, 0.3) is 11.0 Å². The fourth-order valence-electron chi connectivity index (χ4n) is 2.78. The number of rotatable bonds is 5. The second kappa shape index (κ2) is 8.29. The average Bonchev–Trinajstić information content (AvgIpc) is 3.13. The number of amides is 1. The van der Waals surface area contributed by atoms with Crippen molar-refractivity contribution in [1.82, 2.24) is 0 Å². The summed E-state index contributed by atoms with van der Waals surface area (Å²) in [7, 11) is 1.63. The number of hydrogen-bond acceptors (Lipinski definition) is 6. The number of furan rings is 1. The predicted molar refractivity (Wildman–Crippen MR) is 111 cm³/mol. The highest BCUT2D eigenvalue weighted by Gasteiger charge is 2.19. The maximum Gasteiger partial charge on any atom is 0.344 e. The molecule has 1 amide bonds. The van der Waals surface area contributed by atoms with Crippen molar-refractivity contribution in [3.05, 3.63) is 59.9 Å². The first kappa shape index (κ1) is 20.9. The van der Waals surface area contributed by atoms with Crippen LogP contribution < -0.4 is 9.64 Å². The van der Waals surface area contributed by atoms with Crippen LogP contribution in [0.2, 0.25) is 0 Å². The van der Waals surface area contributed by atoms with Crippen LogP contribution in [0.4, 0.5) is 5.69 Å². The van der Waals surface area contributed by atoms with Crippen molar-refractivity contribution in [2.24, 2.45) is 0 Å². The first-order valence-electron chi connectivity index (χ1n) is 9.33. The van der Waals surface area contributed by atoms with Crippen LogP contribution in [-0.2, 0) is 9.53 Å². The van der Waals surface area contributed by atoms with Gasteiger partial charge in [0.2, 0.25) is 0 Å². The first-order valence-corrected chi connectivity index (χ1v) is 9.33. The molecule has 0 N–H and O–H groups in total. The molecule has 0 atom stereocenters. The molecule has 7 heteroatoms. The summed E-state index contributed by atoms with van der Waals surface area (Å²) < 4.78 is 16.3. The summed E-state index contributed by atoms with van der Waals surface area (Å²) in [6.45, 7) is 5.17. The van der Waals surface area contributed by atoms with E-state index in [9.17, 15) is 9.59 Å². The van der Waals surface area contributed by atoms with Gasteiger partial charge < -0.3 is 18.8 Å². The smallest absolute Gasteiger partial charge is 0.344 e. The maximum absolute atomic E-state index is 12.8. The van der Waals surface area contributed by atoms with Gasteiger partial charge in [-0.05, 0) is 69.3 Å². The van der Waals surface area contributed by atoms with Crippen LogP contribution in [0.1, 0.15) is 36.9 Å². The molecule has 2 aromatic carbocycles. The molecule has 0 fully saturated rings. The molecule has 3 rings (SSSR count). The standard InChI is InChI=1S/C23H22N2O5/c1-23(2,3)30-21(26)14-28-18-8-6-17(7-9-18)25(4)22(27)20-12-16-11-15(13-24)5-10-19(16)29-20/h5-12H,14H2,1-4H3. The van der Waals surface area contributed by atoms with Crippen molar-refractivity contribution in [1.29, 1.82) is 5.26 Å². The zero-order valence-electron chi connectivity index (χ0n) is 17.3. The molecule has 0 aliphatic heterocycles. The third kappa shape index (κ3) is 4.97. The van der Waals surface area contributed by atoms with Gasteiger partial charge in [-0.2, -0.15) is 5.26 Å². The quantitative estimate of drug-likeness (QED) is 0.587. The fraction of sp³-hybridized carbons (Fsp3) is 0.261. The van der Waals surface area contributed by atoms with Crippen LogP contribution >= 0.6 is 0 Å². The fourth-order valence-corrected chi connectivity index (χ4v) is 2.78. The van der Waals surface area contributed by atoms with E-state index in [4.69, 9.17) is 19.2 Å². The first-order chi connectivity index (χ1) is 14.2. The van der Waals surface area contributed by atoms with E-state index in [0.717, 1.165) is 0 Å². The third-order valence-corrected chi connectivity index (χ3v) is 4.16. The summed E-state index contributed by atoms with van der Waals surface area (Å²) >= 11 is 0. The number of benzene rings is 2. The molecule has 0 saturated carbocycles. The van der Waals surface area contributed by atoms with Crippen LogP contribution in [0, 0.1) is 11.3 Å². The van der Waals surface area contributed by atoms with E-state index in [1.54, 1.807) is 76.3 Å². The molecule has 0 bridgehead atoms. The Balaban J connectivity index is 1.66. The highest BCUT2D eigenvalue weighted by atomic mass is 16.6. The van der Waals surface area contributed by atoms with E-state index in [1.807, 2.05) is 0 Å². The van der Waals surface area contributed by atoms with E-state index < -0.39 is 11.6 Å². The molecule has 1 aromatic heterocycles. The number of fused-ring (bicyclic) bond motifs is 1. The van der Waals surface area contributed by atoms with Crippen molar-refractivity contribution in [3.63, 3.8) is 0 Å². The number of carbonyl (C=O) groups is 2. The molecular formula is C23H22N2O5. The zero-order chi connectivity index (χ0) is 21.9. The number of ether oxygens (including phenoxy) is 2. The second-order valence-corrected chi connectivity index (χ2v) is 7.71. The van der Waals surface area contributed by atoms with Crippen LogP contribution in [-0.4, -0.2) is 31.1 Å². The van der Waals surface area contributed by atoms with Gasteiger partial charge in [0.1, 0.15) is 16.9 Å². The zero-order valence-corrected chi connectivity index (χ0v) is 17.3. The maximum atomic E-state index is 12.8. The Morgan fingerprint density at radius 3 is 2.43 bits per heavy atom. The summed E-state index contributed by atoms with van der Waals surface area (Å²) in [5.41, 5.74) is 1.09. The third-order valence-electron chi connectivity index (χ3n) is 4.16. The highest BCUT2D eigenvalue weighted by Crippen LogP contribution is 2.24. The topological polar surface area (TPSA) is 92.8 Å². The Kier molecular flexibility index (Phi) is 5.79. The Morgan fingerprint density at radius 1 is 1.10 bits per heavy atom. The minimum absolute atomic E-state index is 0.174. The number of anilines is 1. The Morgan fingerprint density at radius 2 is 1.80 bits per heavy atom. The molecule has 0 unspecified atom stereocenters. The van der Waals surface area contributed by atoms with E-state index in [2.05, 4.69) is 6.07 Å². The van der Waals surface area contributed by atoms with Gasteiger partial charge >= 0.3 is 5.97 Å². The van der Waals surface area contributed by atoms with Crippen LogP contribution in [0.5, 0.6) is 5.75 Å². The van der Waals surface area contributed by atoms with Crippen molar-refractivity contribution in [3.8, 4) is 11.8 Å². The second-order valence-electron chi connectivity index (χ2n) is 7.71. The molecule has 0 aliphatic carbocycles. The van der Waals surface area contributed by atoms with Gasteiger partial charge in [-0.3, -0.25) is 4.79 Å². The number of esters is 1. The van der Waals surface area contributed by atoms with Crippen LogP contribution in [0.3, 0.4) is 0 Å². The van der Waals surface area contributed by atoms with Crippen LogP contribution in [0.15, 0.2) is 52.9 Å². The number of nitriles is 1. The molecule has 7 nitrogen and oxygen atoms in total. The summed E-state index contributed by atoms with van der Waals surface area (Å²) in [5.74, 6) is -0.124. The number of hydrogen-bond donors (Lipinski definition) is 0. The van der Waals surface area contributed by atoms with E-state index in [0.29, 0.717) is 28.0 Å². The Labute approximate surface area is 174 Å².